The average Bonchev–Trinajstić information content (AvgIpc) is 2.42. The first kappa shape index (κ1) is 14.5. The standard InChI is InChI=1S/C16H17FIN/c1-3-11-5-4-6-12(9-11)16(19-2)14-8-7-13(17)10-15(14)18/h4-10,16,19H,3H2,1-2H3. The summed E-state index contributed by atoms with van der Waals surface area (Å²) in [5, 5.41) is 3.32. The van der Waals surface area contributed by atoms with E-state index in [0.29, 0.717) is 0 Å². The van der Waals surface area contributed by atoms with Crippen LogP contribution in [0.25, 0.3) is 0 Å². The van der Waals surface area contributed by atoms with Crippen LogP contribution in [0.1, 0.15) is 29.7 Å². The van der Waals surface area contributed by atoms with Gasteiger partial charge in [0.05, 0.1) is 6.04 Å². The van der Waals surface area contributed by atoms with Crippen LogP contribution in [0.2, 0.25) is 0 Å². The lowest BCUT2D eigenvalue weighted by molar-refractivity contribution is 0.621. The Bertz CT molecular complexity index is 568. The van der Waals surface area contributed by atoms with E-state index in [-0.39, 0.29) is 11.9 Å². The molecule has 0 amide bonds. The van der Waals surface area contributed by atoms with Crippen molar-refractivity contribution < 1.29 is 4.39 Å². The van der Waals surface area contributed by atoms with Crippen LogP contribution in [0.15, 0.2) is 42.5 Å². The Morgan fingerprint density at radius 1 is 1.21 bits per heavy atom. The normalized spacial score (nSPS) is 12.4. The summed E-state index contributed by atoms with van der Waals surface area (Å²) in [6.45, 7) is 2.15. The van der Waals surface area contributed by atoms with E-state index >= 15 is 0 Å². The van der Waals surface area contributed by atoms with Crippen molar-refractivity contribution in [3.05, 3.63) is 68.5 Å². The number of hydrogen-bond donors (Lipinski definition) is 1. The lowest BCUT2D eigenvalue weighted by Gasteiger charge is -2.19. The number of halogens is 2. The van der Waals surface area contributed by atoms with Crippen molar-refractivity contribution in [3.63, 3.8) is 0 Å². The molecule has 0 fully saturated rings. The Hall–Kier alpha value is -0.940. The molecule has 0 aliphatic rings. The van der Waals surface area contributed by atoms with E-state index in [1.165, 1.54) is 17.2 Å². The van der Waals surface area contributed by atoms with Crippen molar-refractivity contribution in [2.45, 2.75) is 19.4 Å². The summed E-state index contributed by atoms with van der Waals surface area (Å²) >= 11 is 2.19. The molecule has 100 valence electrons. The first-order valence-corrected chi connectivity index (χ1v) is 7.44. The second-order valence-corrected chi connectivity index (χ2v) is 5.65. The van der Waals surface area contributed by atoms with Crippen LogP contribution in [0.5, 0.6) is 0 Å². The fraction of sp³-hybridized carbons (Fsp3) is 0.250. The zero-order chi connectivity index (χ0) is 13.8. The molecule has 19 heavy (non-hydrogen) atoms. The van der Waals surface area contributed by atoms with Crippen molar-refractivity contribution in [3.8, 4) is 0 Å². The highest BCUT2D eigenvalue weighted by Crippen LogP contribution is 2.27. The Balaban J connectivity index is 2.43. The fourth-order valence-electron chi connectivity index (χ4n) is 2.23. The van der Waals surface area contributed by atoms with Crippen LogP contribution in [-0.4, -0.2) is 7.05 Å². The molecule has 2 aromatic carbocycles. The molecule has 1 unspecified atom stereocenters. The molecule has 0 spiro atoms. The first-order chi connectivity index (χ1) is 9.15. The minimum atomic E-state index is -0.190. The van der Waals surface area contributed by atoms with Gasteiger partial charge in [0.1, 0.15) is 5.82 Å². The predicted octanol–water partition coefficient (Wildman–Crippen LogP) is 4.30. The van der Waals surface area contributed by atoms with Crippen LogP contribution in [0, 0.1) is 9.39 Å². The molecule has 0 aliphatic carbocycles. The molecule has 0 aromatic heterocycles. The minimum absolute atomic E-state index is 0.0963. The summed E-state index contributed by atoms with van der Waals surface area (Å²) < 4.78 is 14.2. The highest BCUT2D eigenvalue weighted by Gasteiger charge is 2.15. The van der Waals surface area contributed by atoms with Crippen molar-refractivity contribution in [2.24, 2.45) is 0 Å². The number of nitrogens with one attached hydrogen (secondary N) is 1. The minimum Gasteiger partial charge on any atom is -0.309 e. The maximum atomic E-state index is 13.2. The van der Waals surface area contributed by atoms with Gasteiger partial charge in [0.25, 0.3) is 0 Å². The molecular formula is C16H17FIN. The number of hydrogen-bond acceptors (Lipinski definition) is 1. The largest absolute Gasteiger partial charge is 0.309 e. The second kappa shape index (κ2) is 6.48. The van der Waals surface area contributed by atoms with Gasteiger partial charge in [0.15, 0.2) is 0 Å². The quantitative estimate of drug-likeness (QED) is 0.793. The van der Waals surface area contributed by atoms with Crippen molar-refractivity contribution >= 4 is 22.6 Å². The van der Waals surface area contributed by atoms with Crippen LogP contribution >= 0.6 is 22.6 Å². The summed E-state index contributed by atoms with van der Waals surface area (Å²) in [4.78, 5) is 0. The van der Waals surface area contributed by atoms with Gasteiger partial charge in [-0.25, -0.2) is 4.39 Å². The van der Waals surface area contributed by atoms with E-state index in [4.69, 9.17) is 0 Å². The highest BCUT2D eigenvalue weighted by molar-refractivity contribution is 14.1. The van der Waals surface area contributed by atoms with Gasteiger partial charge in [-0.2, -0.15) is 0 Å². The van der Waals surface area contributed by atoms with Crippen molar-refractivity contribution in [1.82, 2.24) is 5.32 Å². The van der Waals surface area contributed by atoms with Gasteiger partial charge in [0, 0.05) is 3.57 Å². The second-order valence-electron chi connectivity index (χ2n) is 4.49. The topological polar surface area (TPSA) is 12.0 Å². The van der Waals surface area contributed by atoms with Crippen LogP contribution in [-0.2, 0) is 6.42 Å². The fourth-order valence-corrected chi connectivity index (χ4v) is 3.02. The summed E-state index contributed by atoms with van der Waals surface area (Å²) in [7, 11) is 1.93. The molecule has 3 heteroatoms. The van der Waals surface area contributed by atoms with E-state index in [9.17, 15) is 4.39 Å². The van der Waals surface area contributed by atoms with Gasteiger partial charge >= 0.3 is 0 Å². The molecular weight excluding hydrogens is 352 g/mol. The molecule has 1 nitrogen and oxygen atoms in total. The third-order valence-electron chi connectivity index (χ3n) is 3.25. The molecule has 0 radical (unpaired) electrons. The number of benzene rings is 2. The highest BCUT2D eigenvalue weighted by atomic mass is 127. The monoisotopic (exact) mass is 369 g/mol. The lowest BCUT2D eigenvalue weighted by atomic mass is 9.97. The summed E-state index contributed by atoms with van der Waals surface area (Å²) in [6.07, 6.45) is 1.02. The van der Waals surface area contributed by atoms with E-state index in [2.05, 4.69) is 59.1 Å². The summed E-state index contributed by atoms with van der Waals surface area (Å²) in [6, 6.07) is 13.6. The molecule has 0 heterocycles. The SMILES string of the molecule is CCc1cccc(C(NC)c2ccc(F)cc2I)c1. The zero-order valence-electron chi connectivity index (χ0n) is 11.1. The van der Waals surface area contributed by atoms with Gasteiger partial charge in [-0.05, 0) is 64.9 Å². The van der Waals surface area contributed by atoms with E-state index < -0.39 is 0 Å². The molecule has 0 bridgehead atoms. The third kappa shape index (κ3) is 3.34. The molecule has 2 aromatic rings. The summed E-state index contributed by atoms with van der Waals surface area (Å²) in [5.41, 5.74) is 3.64. The number of rotatable bonds is 4. The molecule has 0 aliphatic heterocycles. The van der Waals surface area contributed by atoms with Gasteiger partial charge < -0.3 is 5.32 Å². The Labute approximate surface area is 127 Å². The molecule has 0 saturated carbocycles. The zero-order valence-corrected chi connectivity index (χ0v) is 13.2. The maximum Gasteiger partial charge on any atom is 0.124 e. The summed E-state index contributed by atoms with van der Waals surface area (Å²) in [5.74, 6) is -0.190. The molecule has 2 rings (SSSR count). The van der Waals surface area contributed by atoms with Crippen LogP contribution < -0.4 is 5.32 Å². The third-order valence-corrected chi connectivity index (χ3v) is 4.19. The van der Waals surface area contributed by atoms with E-state index in [1.54, 1.807) is 6.07 Å². The van der Waals surface area contributed by atoms with E-state index in [0.717, 1.165) is 15.6 Å². The van der Waals surface area contributed by atoms with Gasteiger partial charge in [0.2, 0.25) is 0 Å². The van der Waals surface area contributed by atoms with Gasteiger partial charge in [-0.3, -0.25) is 0 Å². The van der Waals surface area contributed by atoms with Crippen LogP contribution in [0.4, 0.5) is 4.39 Å². The lowest BCUT2D eigenvalue weighted by Crippen LogP contribution is -2.19. The van der Waals surface area contributed by atoms with Crippen molar-refractivity contribution in [2.75, 3.05) is 7.05 Å². The predicted molar refractivity (Wildman–Crippen MR) is 85.8 cm³/mol. The molecule has 1 atom stereocenters. The Morgan fingerprint density at radius 3 is 2.63 bits per heavy atom. The van der Waals surface area contributed by atoms with E-state index in [1.807, 2.05) is 13.1 Å². The Morgan fingerprint density at radius 2 is 2.00 bits per heavy atom. The van der Waals surface area contributed by atoms with Gasteiger partial charge in [-0.15, -0.1) is 0 Å². The molecule has 0 saturated heterocycles. The first-order valence-electron chi connectivity index (χ1n) is 6.36. The maximum absolute atomic E-state index is 13.2. The number of aryl methyl sites for hydroxylation is 1. The smallest absolute Gasteiger partial charge is 0.124 e. The molecule has 1 N–H and O–H groups in total. The average molecular weight is 369 g/mol. The Kier molecular flexibility index (Phi) is 4.93. The van der Waals surface area contributed by atoms with Gasteiger partial charge in [-0.1, -0.05) is 37.3 Å². The van der Waals surface area contributed by atoms with Crippen molar-refractivity contribution in [1.29, 1.82) is 0 Å². The van der Waals surface area contributed by atoms with Crippen LogP contribution in [0.3, 0.4) is 0 Å².